The van der Waals surface area contributed by atoms with Gasteiger partial charge in [-0.2, -0.15) is 0 Å². The molecule has 150 valence electrons. The molecular formula is C22H22ClN3O3. The quantitative estimate of drug-likeness (QED) is 0.703. The summed E-state index contributed by atoms with van der Waals surface area (Å²) >= 11 is 6.08. The molecule has 5 rings (SSSR count). The number of halogens is 1. The lowest BCUT2D eigenvalue weighted by molar-refractivity contribution is 0.241. The molecule has 2 aromatic carbocycles. The van der Waals surface area contributed by atoms with Crippen molar-refractivity contribution in [1.29, 1.82) is 0 Å². The first kappa shape index (κ1) is 18.5. The van der Waals surface area contributed by atoms with Gasteiger partial charge in [0.1, 0.15) is 5.82 Å². The van der Waals surface area contributed by atoms with E-state index in [4.69, 9.17) is 21.1 Å². The molecule has 2 aliphatic heterocycles. The molecule has 0 bridgehead atoms. The number of aromatic amines is 1. The molecule has 2 aliphatic rings. The van der Waals surface area contributed by atoms with Crippen molar-refractivity contribution >= 4 is 22.5 Å². The van der Waals surface area contributed by atoms with Crippen LogP contribution >= 0.6 is 11.6 Å². The average Bonchev–Trinajstić information content (AvgIpc) is 3.03. The molecule has 6 nitrogen and oxygen atoms in total. The van der Waals surface area contributed by atoms with E-state index in [1.165, 1.54) is 5.56 Å². The summed E-state index contributed by atoms with van der Waals surface area (Å²) in [6.07, 6.45) is 3.05. The molecule has 3 aromatic rings. The van der Waals surface area contributed by atoms with Crippen LogP contribution in [0.2, 0.25) is 5.02 Å². The molecule has 1 atom stereocenters. The summed E-state index contributed by atoms with van der Waals surface area (Å²) in [5.41, 5.74) is 1.70. The molecule has 0 saturated carbocycles. The number of ether oxygens (including phenoxy) is 2. The van der Waals surface area contributed by atoms with Crippen LogP contribution in [0, 0.1) is 0 Å². The molecule has 29 heavy (non-hydrogen) atoms. The van der Waals surface area contributed by atoms with Gasteiger partial charge in [-0.05, 0) is 55.3 Å². The lowest BCUT2D eigenvalue weighted by atomic mass is 10.0. The fourth-order valence-electron chi connectivity index (χ4n) is 4.21. The third kappa shape index (κ3) is 3.70. The minimum atomic E-state index is -0.131. The van der Waals surface area contributed by atoms with Crippen LogP contribution in [-0.4, -0.2) is 34.6 Å². The topological polar surface area (TPSA) is 67.5 Å². The maximum absolute atomic E-state index is 12.4. The molecule has 0 radical (unpaired) electrons. The largest absolute Gasteiger partial charge is 0.490 e. The van der Waals surface area contributed by atoms with Crippen molar-refractivity contribution in [3.63, 3.8) is 0 Å². The van der Waals surface area contributed by atoms with Gasteiger partial charge in [-0.25, -0.2) is 4.98 Å². The number of likely N-dealkylation sites (tertiary alicyclic amines) is 1. The minimum Gasteiger partial charge on any atom is -0.490 e. The summed E-state index contributed by atoms with van der Waals surface area (Å²) in [4.78, 5) is 22.4. The lowest BCUT2D eigenvalue weighted by Gasteiger charge is -2.25. The molecule has 1 fully saturated rings. The molecule has 0 unspecified atom stereocenters. The molecule has 0 aliphatic carbocycles. The Kier molecular flexibility index (Phi) is 4.89. The van der Waals surface area contributed by atoms with E-state index in [-0.39, 0.29) is 11.6 Å². The van der Waals surface area contributed by atoms with Crippen molar-refractivity contribution < 1.29 is 9.47 Å². The van der Waals surface area contributed by atoms with E-state index in [0.717, 1.165) is 37.3 Å². The van der Waals surface area contributed by atoms with E-state index in [2.05, 4.69) is 27.0 Å². The van der Waals surface area contributed by atoms with Gasteiger partial charge in [-0.3, -0.25) is 9.69 Å². The van der Waals surface area contributed by atoms with Crippen molar-refractivity contribution in [3.8, 4) is 11.5 Å². The predicted octanol–water partition coefficient (Wildman–Crippen LogP) is 4.07. The van der Waals surface area contributed by atoms with Gasteiger partial charge < -0.3 is 14.5 Å². The Labute approximate surface area is 173 Å². The number of hydrogen-bond donors (Lipinski definition) is 1. The van der Waals surface area contributed by atoms with Crippen LogP contribution in [0.25, 0.3) is 10.9 Å². The molecular weight excluding hydrogens is 390 g/mol. The zero-order valence-electron chi connectivity index (χ0n) is 16.0. The molecule has 0 spiro atoms. The van der Waals surface area contributed by atoms with Crippen LogP contribution in [0.1, 0.15) is 36.7 Å². The van der Waals surface area contributed by atoms with Crippen LogP contribution in [0.5, 0.6) is 11.5 Å². The van der Waals surface area contributed by atoms with E-state index in [1.807, 2.05) is 6.07 Å². The monoisotopic (exact) mass is 411 g/mol. The van der Waals surface area contributed by atoms with Gasteiger partial charge in [-0.1, -0.05) is 17.7 Å². The molecule has 1 N–H and O–H groups in total. The van der Waals surface area contributed by atoms with Gasteiger partial charge >= 0.3 is 0 Å². The summed E-state index contributed by atoms with van der Waals surface area (Å²) in [6.45, 7) is 2.90. The Balaban J connectivity index is 1.42. The van der Waals surface area contributed by atoms with Crippen molar-refractivity contribution in [2.75, 3.05) is 19.8 Å². The summed E-state index contributed by atoms with van der Waals surface area (Å²) in [5, 5.41) is 1.13. The zero-order chi connectivity index (χ0) is 19.8. The first-order valence-corrected chi connectivity index (χ1v) is 10.4. The highest BCUT2D eigenvalue weighted by atomic mass is 35.5. The number of hydrogen-bond acceptors (Lipinski definition) is 5. The van der Waals surface area contributed by atoms with Crippen molar-refractivity contribution in [3.05, 3.63) is 63.2 Å². The summed E-state index contributed by atoms with van der Waals surface area (Å²) in [7, 11) is 0. The predicted molar refractivity (Wildman–Crippen MR) is 112 cm³/mol. The Bertz CT molecular complexity index is 1110. The number of aromatic nitrogens is 2. The smallest absolute Gasteiger partial charge is 0.258 e. The van der Waals surface area contributed by atoms with Crippen molar-refractivity contribution in [1.82, 2.24) is 14.9 Å². The Hall–Kier alpha value is -2.57. The Morgan fingerprint density at radius 3 is 2.86 bits per heavy atom. The number of H-pyrrole nitrogens is 1. The summed E-state index contributed by atoms with van der Waals surface area (Å²) in [5.74, 6) is 2.29. The summed E-state index contributed by atoms with van der Waals surface area (Å²) in [6, 6.07) is 11.6. The van der Waals surface area contributed by atoms with Crippen LogP contribution in [0.4, 0.5) is 0 Å². The molecule has 3 heterocycles. The first-order chi connectivity index (χ1) is 14.2. The zero-order valence-corrected chi connectivity index (χ0v) is 16.7. The molecule has 7 heteroatoms. The van der Waals surface area contributed by atoms with Gasteiger partial charge in [0.05, 0.1) is 30.7 Å². The number of fused-ring (bicyclic) bond motifs is 2. The normalized spacial score (nSPS) is 19.4. The van der Waals surface area contributed by atoms with E-state index in [0.29, 0.717) is 41.5 Å². The summed E-state index contributed by atoms with van der Waals surface area (Å²) < 4.78 is 11.6. The van der Waals surface area contributed by atoms with E-state index in [9.17, 15) is 4.79 Å². The second-order valence-corrected chi connectivity index (χ2v) is 8.00. The van der Waals surface area contributed by atoms with E-state index >= 15 is 0 Å². The fourth-order valence-corrected chi connectivity index (χ4v) is 4.37. The highest BCUT2D eigenvalue weighted by molar-refractivity contribution is 6.31. The molecule has 1 aromatic heterocycles. The van der Waals surface area contributed by atoms with Gasteiger partial charge in [0.25, 0.3) is 5.56 Å². The van der Waals surface area contributed by atoms with Gasteiger partial charge in [0.15, 0.2) is 11.5 Å². The Morgan fingerprint density at radius 1 is 1.10 bits per heavy atom. The average molecular weight is 412 g/mol. The van der Waals surface area contributed by atoms with Gasteiger partial charge in [-0.15, -0.1) is 0 Å². The number of rotatable bonds is 3. The molecule has 1 saturated heterocycles. The number of nitrogens with zero attached hydrogens (tertiary/aromatic N) is 2. The first-order valence-electron chi connectivity index (χ1n) is 9.99. The maximum Gasteiger partial charge on any atom is 0.258 e. The third-order valence-corrected chi connectivity index (χ3v) is 5.83. The Morgan fingerprint density at radius 2 is 1.97 bits per heavy atom. The second kappa shape index (κ2) is 7.69. The standard InChI is InChI=1S/C22H22ClN3O3/c23-15-5-6-16-17(12-15)24-21(25-22(16)27)13-26-8-1-3-18(26)14-4-7-19-20(11-14)29-10-2-9-28-19/h4-7,11-12,18H,1-3,8-10,13H2,(H,24,25,27)/t18-/m0/s1. The highest BCUT2D eigenvalue weighted by Gasteiger charge is 2.28. The van der Waals surface area contributed by atoms with Gasteiger partial charge in [0.2, 0.25) is 0 Å². The number of benzene rings is 2. The highest BCUT2D eigenvalue weighted by Crippen LogP contribution is 2.38. The maximum atomic E-state index is 12.4. The lowest BCUT2D eigenvalue weighted by Crippen LogP contribution is -2.25. The van der Waals surface area contributed by atoms with Crippen molar-refractivity contribution in [2.45, 2.75) is 31.8 Å². The fraction of sp³-hybridized carbons (Fsp3) is 0.364. The molecule has 0 amide bonds. The second-order valence-electron chi connectivity index (χ2n) is 7.56. The minimum absolute atomic E-state index is 0.131. The van der Waals surface area contributed by atoms with Crippen LogP contribution < -0.4 is 15.0 Å². The van der Waals surface area contributed by atoms with Gasteiger partial charge in [0, 0.05) is 17.5 Å². The SMILES string of the molecule is O=c1[nH]c(CN2CCC[C@H]2c2ccc3c(c2)OCCCO3)nc2cc(Cl)ccc12. The van der Waals surface area contributed by atoms with E-state index < -0.39 is 0 Å². The van der Waals surface area contributed by atoms with E-state index in [1.54, 1.807) is 18.2 Å². The van der Waals surface area contributed by atoms with Crippen LogP contribution in [0.3, 0.4) is 0 Å². The third-order valence-electron chi connectivity index (χ3n) is 5.59. The van der Waals surface area contributed by atoms with Crippen LogP contribution in [0.15, 0.2) is 41.2 Å². The number of nitrogens with one attached hydrogen (secondary N) is 1. The van der Waals surface area contributed by atoms with Crippen molar-refractivity contribution in [2.24, 2.45) is 0 Å². The van der Waals surface area contributed by atoms with Crippen LogP contribution in [-0.2, 0) is 6.54 Å².